The summed E-state index contributed by atoms with van der Waals surface area (Å²) in [5.41, 5.74) is 0.151. The second-order valence-corrected chi connectivity index (χ2v) is 8.36. The van der Waals surface area contributed by atoms with E-state index in [-0.39, 0.29) is 28.6 Å². The average molecular weight is 335 g/mol. The van der Waals surface area contributed by atoms with Crippen LogP contribution in [0.15, 0.2) is 28.0 Å². The predicted octanol–water partition coefficient (Wildman–Crippen LogP) is 0.469. The minimum Gasteiger partial charge on any atom is -0.465 e. The number of hydrogen-bond donors (Lipinski definition) is 1. The molecule has 0 amide bonds. The van der Waals surface area contributed by atoms with E-state index in [0.29, 0.717) is 0 Å². The Labute approximate surface area is 124 Å². The molecule has 0 spiro atoms. The van der Waals surface area contributed by atoms with Crippen LogP contribution in [0.4, 0.5) is 5.69 Å². The first kappa shape index (κ1) is 17.4. The monoisotopic (exact) mass is 335 g/mol. The minimum absolute atomic E-state index is 0.107. The van der Waals surface area contributed by atoms with E-state index in [0.717, 1.165) is 18.6 Å². The largest absolute Gasteiger partial charge is 0.465 e. The van der Waals surface area contributed by atoms with Gasteiger partial charge < -0.3 is 10.1 Å². The van der Waals surface area contributed by atoms with Crippen molar-refractivity contribution >= 4 is 31.3 Å². The van der Waals surface area contributed by atoms with Gasteiger partial charge in [0.05, 0.1) is 22.1 Å². The quantitative estimate of drug-likeness (QED) is 0.753. The van der Waals surface area contributed by atoms with Crippen LogP contribution in [0.25, 0.3) is 0 Å². The summed E-state index contributed by atoms with van der Waals surface area (Å²) < 4.78 is 51.2. The van der Waals surface area contributed by atoms with Gasteiger partial charge in [-0.15, -0.1) is 0 Å². The Morgan fingerprint density at radius 3 is 2.24 bits per heavy atom. The second kappa shape index (κ2) is 6.44. The van der Waals surface area contributed by atoms with Crippen molar-refractivity contribution in [3.8, 4) is 0 Å². The van der Waals surface area contributed by atoms with Gasteiger partial charge in [-0.2, -0.15) is 0 Å². The van der Waals surface area contributed by atoms with Crippen LogP contribution in [-0.2, 0) is 29.2 Å². The molecule has 1 aromatic rings. The van der Waals surface area contributed by atoms with Crippen molar-refractivity contribution in [2.24, 2.45) is 0 Å². The maximum Gasteiger partial charge on any atom is 0.325 e. The molecule has 118 valence electrons. The maximum absolute atomic E-state index is 11.8. The van der Waals surface area contributed by atoms with Gasteiger partial charge in [-0.3, -0.25) is 4.79 Å². The Morgan fingerprint density at radius 1 is 1.14 bits per heavy atom. The SMILES string of the molecule is CCOC(=O)CNc1ccc(S(C)(=O)=O)cc1S(C)(=O)=O. The van der Waals surface area contributed by atoms with Gasteiger partial charge in [0, 0.05) is 12.5 Å². The first-order chi connectivity index (χ1) is 9.55. The summed E-state index contributed by atoms with van der Waals surface area (Å²) in [4.78, 5) is 11.0. The normalized spacial score (nSPS) is 12.0. The molecule has 0 fully saturated rings. The van der Waals surface area contributed by atoms with Crippen LogP contribution < -0.4 is 5.32 Å². The van der Waals surface area contributed by atoms with Gasteiger partial charge in [0.25, 0.3) is 0 Å². The van der Waals surface area contributed by atoms with Gasteiger partial charge in [0.15, 0.2) is 19.7 Å². The van der Waals surface area contributed by atoms with Crippen molar-refractivity contribution in [3.05, 3.63) is 18.2 Å². The zero-order chi connectivity index (χ0) is 16.3. The van der Waals surface area contributed by atoms with Crippen molar-refractivity contribution in [1.82, 2.24) is 0 Å². The molecular weight excluding hydrogens is 318 g/mol. The van der Waals surface area contributed by atoms with Crippen LogP contribution in [-0.4, -0.2) is 48.5 Å². The summed E-state index contributed by atoms with van der Waals surface area (Å²) in [5.74, 6) is -0.538. The van der Waals surface area contributed by atoms with Gasteiger partial charge in [-0.05, 0) is 25.1 Å². The number of nitrogens with one attached hydrogen (secondary N) is 1. The Bertz CT molecular complexity index is 737. The molecule has 0 heterocycles. The van der Waals surface area contributed by atoms with Gasteiger partial charge in [0.1, 0.15) is 6.54 Å². The van der Waals surface area contributed by atoms with E-state index in [1.54, 1.807) is 6.92 Å². The van der Waals surface area contributed by atoms with E-state index in [2.05, 4.69) is 5.32 Å². The van der Waals surface area contributed by atoms with E-state index >= 15 is 0 Å². The lowest BCUT2D eigenvalue weighted by molar-refractivity contribution is -0.140. The summed E-state index contributed by atoms with van der Waals surface area (Å²) in [6, 6.07) is 3.65. The second-order valence-electron chi connectivity index (χ2n) is 4.36. The molecule has 0 aromatic heterocycles. The number of sulfone groups is 2. The smallest absolute Gasteiger partial charge is 0.325 e. The fraction of sp³-hybridized carbons (Fsp3) is 0.417. The minimum atomic E-state index is -3.66. The third kappa shape index (κ3) is 5.01. The zero-order valence-electron chi connectivity index (χ0n) is 11.9. The van der Waals surface area contributed by atoms with Gasteiger partial charge >= 0.3 is 5.97 Å². The van der Waals surface area contributed by atoms with Gasteiger partial charge in [0.2, 0.25) is 0 Å². The van der Waals surface area contributed by atoms with Crippen molar-refractivity contribution in [3.63, 3.8) is 0 Å². The molecule has 0 unspecified atom stereocenters. The van der Waals surface area contributed by atoms with Crippen LogP contribution in [0, 0.1) is 0 Å². The lowest BCUT2D eigenvalue weighted by Crippen LogP contribution is -2.18. The molecule has 1 rings (SSSR count). The highest BCUT2D eigenvalue weighted by atomic mass is 32.2. The van der Waals surface area contributed by atoms with E-state index in [4.69, 9.17) is 4.74 Å². The van der Waals surface area contributed by atoms with Crippen molar-refractivity contribution in [2.45, 2.75) is 16.7 Å². The highest BCUT2D eigenvalue weighted by Crippen LogP contribution is 2.24. The maximum atomic E-state index is 11.8. The zero-order valence-corrected chi connectivity index (χ0v) is 13.5. The number of benzene rings is 1. The van der Waals surface area contributed by atoms with E-state index in [1.807, 2.05) is 0 Å². The van der Waals surface area contributed by atoms with Gasteiger partial charge in [-0.1, -0.05) is 0 Å². The van der Waals surface area contributed by atoms with Crippen molar-refractivity contribution in [2.75, 3.05) is 31.0 Å². The molecule has 9 heteroatoms. The standard InChI is InChI=1S/C12H17NO6S2/c1-4-19-12(14)8-13-10-6-5-9(20(2,15)16)7-11(10)21(3,17)18/h5-7,13H,4,8H2,1-3H3. The Morgan fingerprint density at radius 2 is 1.76 bits per heavy atom. The summed E-state index contributed by atoms with van der Waals surface area (Å²) in [5, 5.41) is 2.63. The third-order valence-corrected chi connectivity index (χ3v) is 4.76. The summed E-state index contributed by atoms with van der Waals surface area (Å²) in [6.45, 7) is 1.65. The number of carbonyl (C=O) groups is 1. The molecule has 0 saturated carbocycles. The number of anilines is 1. The van der Waals surface area contributed by atoms with Crippen LogP contribution in [0.1, 0.15) is 6.92 Å². The number of ether oxygens (including phenoxy) is 1. The Hall–Kier alpha value is -1.61. The first-order valence-corrected chi connectivity index (χ1v) is 9.77. The van der Waals surface area contributed by atoms with Gasteiger partial charge in [-0.25, -0.2) is 16.8 Å². The van der Waals surface area contributed by atoms with E-state index in [1.165, 1.54) is 12.1 Å². The number of rotatable bonds is 6. The average Bonchev–Trinajstić information content (AvgIpc) is 2.34. The summed E-state index contributed by atoms with van der Waals surface area (Å²) in [6.07, 6.45) is 1.95. The number of esters is 1. The predicted molar refractivity (Wildman–Crippen MR) is 77.8 cm³/mol. The number of hydrogen-bond acceptors (Lipinski definition) is 7. The molecule has 21 heavy (non-hydrogen) atoms. The molecule has 0 aliphatic rings. The Balaban J connectivity index is 3.19. The molecular formula is C12H17NO6S2. The molecule has 0 aliphatic heterocycles. The molecule has 7 nitrogen and oxygen atoms in total. The molecule has 0 atom stereocenters. The molecule has 0 radical (unpaired) electrons. The van der Waals surface area contributed by atoms with Crippen LogP contribution in [0.5, 0.6) is 0 Å². The van der Waals surface area contributed by atoms with Crippen LogP contribution >= 0.6 is 0 Å². The first-order valence-electron chi connectivity index (χ1n) is 5.99. The topological polar surface area (TPSA) is 107 Å². The molecule has 0 aliphatic carbocycles. The Kier molecular flexibility index (Phi) is 5.35. The fourth-order valence-corrected chi connectivity index (χ4v) is 3.17. The highest BCUT2D eigenvalue weighted by molar-refractivity contribution is 7.91. The third-order valence-electron chi connectivity index (χ3n) is 2.51. The van der Waals surface area contributed by atoms with Crippen LogP contribution in [0.2, 0.25) is 0 Å². The van der Waals surface area contributed by atoms with E-state index < -0.39 is 25.6 Å². The summed E-state index contributed by atoms with van der Waals surface area (Å²) in [7, 11) is -7.18. The fourth-order valence-electron chi connectivity index (χ4n) is 1.57. The molecule has 1 N–H and O–H groups in total. The van der Waals surface area contributed by atoms with Crippen molar-refractivity contribution < 1.29 is 26.4 Å². The molecule has 0 bridgehead atoms. The highest BCUT2D eigenvalue weighted by Gasteiger charge is 2.18. The summed E-state index contributed by atoms with van der Waals surface area (Å²) >= 11 is 0. The van der Waals surface area contributed by atoms with Crippen LogP contribution in [0.3, 0.4) is 0 Å². The van der Waals surface area contributed by atoms with E-state index in [9.17, 15) is 21.6 Å². The number of carbonyl (C=O) groups excluding carboxylic acids is 1. The lowest BCUT2D eigenvalue weighted by Gasteiger charge is -2.11. The molecule has 1 aromatic carbocycles. The molecule has 0 saturated heterocycles. The van der Waals surface area contributed by atoms with Crippen molar-refractivity contribution in [1.29, 1.82) is 0 Å². The lowest BCUT2D eigenvalue weighted by atomic mass is 10.3.